The number of para-hydroxylation sites is 1. The number of nitro groups is 1. The number of nitrogens with one attached hydrogen (secondary N) is 1. The van der Waals surface area contributed by atoms with E-state index in [0.717, 1.165) is 5.56 Å². The van der Waals surface area contributed by atoms with Crippen LogP contribution in [-0.2, 0) is 0 Å². The van der Waals surface area contributed by atoms with E-state index < -0.39 is 17.0 Å². The number of benzene rings is 3. The lowest BCUT2D eigenvalue weighted by atomic mass is 10.1. The van der Waals surface area contributed by atoms with Crippen LogP contribution in [0.5, 0.6) is 0 Å². The molecule has 0 bridgehead atoms. The van der Waals surface area contributed by atoms with Crippen LogP contribution in [0.4, 0.5) is 16.2 Å². The first-order chi connectivity index (χ1) is 18.1. The van der Waals surface area contributed by atoms with E-state index in [1.54, 1.807) is 45.9 Å². The van der Waals surface area contributed by atoms with E-state index in [4.69, 9.17) is 16.6 Å². The minimum atomic E-state index is -0.608. The van der Waals surface area contributed by atoms with Gasteiger partial charge in [0.1, 0.15) is 5.82 Å². The topological polar surface area (TPSA) is 110 Å². The molecule has 1 N–H and O–H groups in total. The summed E-state index contributed by atoms with van der Waals surface area (Å²) < 4.78 is 1.55. The average molecular weight is 534 g/mol. The fourth-order valence-corrected chi connectivity index (χ4v) is 4.57. The summed E-state index contributed by atoms with van der Waals surface area (Å²) in [6.07, 6.45) is 0. The van der Waals surface area contributed by atoms with E-state index in [2.05, 4.69) is 5.32 Å². The second kappa shape index (κ2) is 11.0. The highest BCUT2D eigenvalue weighted by Gasteiger charge is 2.28. The van der Waals surface area contributed by atoms with Crippen molar-refractivity contribution in [3.63, 3.8) is 0 Å². The van der Waals surface area contributed by atoms with Crippen LogP contribution in [0.25, 0.3) is 16.6 Å². The zero-order chi connectivity index (χ0) is 27.6. The number of aryl methyl sites for hydroxylation is 1. The Bertz CT molecular complexity index is 1570. The maximum absolute atomic E-state index is 13.8. The maximum atomic E-state index is 13.8. The summed E-state index contributed by atoms with van der Waals surface area (Å²) in [7, 11) is 0. The molecule has 9 nitrogen and oxygen atoms in total. The lowest BCUT2D eigenvalue weighted by molar-refractivity contribution is -0.384. The van der Waals surface area contributed by atoms with Gasteiger partial charge in [0.25, 0.3) is 11.2 Å². The van der Waals surface area contributed by atoms with Crippen molar-refractivity contribution in [3.05, 3.63) is 104 Å². The molecule has 3 aromatic carbocycles. The van der Waals surface area contributed by atoms with E-state index in [-0.39, 0.29) is 17.2 Å². The van der Waals surface area contributed by atoms with E-state index in [0.29, 0.717) is 39.7 Å². The molecule has 1 atom stereocenters. The van der Waals surface area contributed by atoms with Crippen LogP contribution in [0.15, 0.2) is 71.5 Å². The zero-order valence-corrected chi connectivity index (χ0v) is 22.3. The van der Waals surface area contributed by atoms with Crippen molar-refractivity contribution in [2.24, 2.45) is 5.92 Å². The summed E-state index contributed by atoms with van der Waals surface area (Å²) in [5.41, 5.74) is 2.04. The molecule has 0 aliphatic rings. The van der Waals surface area contributed by atoms with Gasteiger partial charge in [0, 0.05) is 29.4 Å². The molecule has 1 aromatic heterocycles. The first kappa shape index (κ1) is 26.8. The van der Waals surface area contributed by atoms with Crippen molar-refractivity contribution < 1.29 is 9.72 Å². The molecule has 0 saturated heterocycles. The first-order valence-corrected chi connectivity index (χ1v) is 12.5. The summed E-state index contributed by atoms with van der Waals surface area (Å²) in [6, 6.07) is 17.0. The quantitative estimate of drug-likeness (QED) is 0.215. The molecule has 4 rings (SSSR count). The molecule has 2 amide bonds. The first-order valence-electron chi connectivity index (χ1n) is 12.2. The second-order valence-electron chi connectivity index (χ2n) is 9.51. The summed E-state index contributed by atoms with van der Waals surface area (Å²) in [5, 5.41) is 14.8. The van der Waals surface area contributed by atoms with Crippen LogP contribution in [0.1, 0.15) is 38.2 Å². The highest BCUT2D eigenvalue weighted by Crippen LogP contribution is 2.27. The third-order valence-corrected chi connectivity index (χ3v) is 6.43. The molecular weight excluding hydrogens is 506 g/mol. The molecule has 0 spiro atoms. The van der Waals surface area contributed by atoms with E-state index in [9.17, 15) is 19.7 Å². The van der Waals surface area contributed by atoms with Crippen LogP contribution < -0.4 is 10.9 Å². The van der Waals surface area contributed by atoms with Crippen LogP contribution in [0.2, 0.25) is 5.02 Å². The summed E-state index contributed by atoms with van der Waals surface area (Å²) >= 11 is 6.19. The van der Waals surface area contributed by atoms with Crippen molar-refractivity contribution >= 4 is 39.9 Å². The van der Waals surface area contributed by atoms with Gasteiger partial charge < -0.3 is 10.2 Å². The van der Waals surface area contributed by atoms with Gasteiger partial charge in [-0.05, 0) is 67.8 Å². The van der Waals surface area contributed by atoms with Crippen LogP contribution in [0, 0.1) is 23.0 Å². The van der Waals surface area contributed by atoms with Crippen LogP contribution in [-0.4, -0.2) is 32.0 Å². The van der Waals surface area contributed by atoms with Gasteiger partial charge in [-0.15, -0.1) is 0 Å². The van der Waals surface area contributed by atoms with Crippen molar-refractivity contribution in [2.45, 2.75) is 33.7 Å². The monoisotopic (exact) mass is 533 g/mol. The molecule has 0 aliphatic carbocycles. The lowest BCUT2D eigenvalue weighted by Gasteiger charge is -2.32. The number of carbonyl (C=O) groups is 1. The fourth-order valence-electron chi connectivity index (χ4n) is 4.34. The molecule has 38 heavy (non-hydrogen) atoms. The molecule has 0 aliphatic heterocycles. The van der Waals surface area contributed by atoms with Gasteiger partial charge in [-0.2, -0.15) is 0 Å². The zero-order valence-electron chi connectivity index (χ0n) is 21.5. The Morgan fingerprint density at radius 1 is 1.11 bits per heavy atom. The third-order valence-electron chi connectivity index (χ3n) is 6.19. The van der Waals surface area contributed by atoms with Gasteiger partial charge in [0.05, 0.1) is 27.6 Å². The smallest absolute Gasteiger partial charge is 0.314 e. The van der Waals surface area contributed by atoms with Gasteiger partial charge in [-0.3, -0.25) is 19.5 Å². The third kappa shape index (κ3) is 5.52. The number of hydrogen-bond donors (Lipinski definition) is 1. The normalized spacial score (nSPS) is 11.9. The van der Waals surface area contributed by atoms with Gasteiger partial charge in [-0.25, -0.2) is 9.78 Å². The summed E-state index contributed by atoms with van der Waals surface area (Å²) in [4.78, 5) is 44.3. The number of anilines is 1. The average Bonchev–Trinajstić information content (AvgIpc) is 2.87. The molecule has 0 radical (unpaired) electrons. The molecule has 4 aromatic rings. The predicted molar refractivity (Wildman–Crippen MR) is 149 cm³/mol. The number of nitro benzene ring substituents is 1. The van der Waals surface area contributed by atoms with Crippen LogP contribution >= 0.6 is 11.6 Å². The van der Waals surface area contributed by atoms with Crippen molar-refractivity contribution in [1.29, 1.82) is 0 Å². The minimum Gasteiger partial charge on any atom is -0.314 e. The molecule has 1 heterocycles. The largest absolute Gasteiger partial charge is 0.322 e. The fraction of sp³-hybridized carbons (Fsp3) is 0.250. The number of aromatic nitrogens is 2. The summed E-state index contributed by atoms with van der Waals surface area (Å²) in [5.74, 6) is 0.511. The van der Waals surface area contributed by atoms with Crippen LogP contribution in [0.3, 0.4) is 0 Å². The molecular formula is C28H28ClN5O4. The number of urea groups is 1. The highest BCUT2D eigenvalue weighted by molar-refractivity contribution is 6.30. The number of non-ortho nitro benzene ring substituents is 1. The van der Waals surface area contributed by atoms with Gasteiger partial charge >= 0.3 is 6.03 Å². The van der Waals surface area contributed by atoms with Gasteiger partial charge in [0.2, 0.25) is 0 Å². The Morgan fingerprint density at radius 2 is 1.79 bits per heavy atom. The van der Waals surface area contributed by atoms with Crippen molar-refractivity contribution in [2.75, 3.05) is 11.9 Å². The summed E-state index contributed by atoms with van der Waals surface area (Å²) in [6.45, 7) is 8.05. The number of fused-ring (bicyclic) bond motifs is 1. The van der Waals surface area contributed by atoms with E-state index in [1.807, 2.05) is 33.8 Å². The molecule has 196 valence electrons. The number of hydrogen-bond acceptors (Lipinski definition) is 5. The molecule has 1 unspecified atom stereocenters. The van der Waals surface area contributed by atoms with Crippen molar-refractivity contribution in [1.82, 2.24) is 14.5 Å². The molecule has 10 heteroatoms. The highest BCUT2D eigenvalue weighted by atomic mass is 35.5. The Labute approximate surface area is 224 Å². The standard InChI is InChI=1S/C28H28ClN5O4/c1-17(2)16-32(28(36)30-21-10-12-22(13-11-21)34(37)38)19(4)26-31-24-8-6-5-7-23(24)27(35)33(26)25-14-9-20(29)15-18(25)3/h5-15,17,19H,16H2,1-4H3,(H,30,36). The number of carbonyl (C=O) groups excluding carboxylic acids is 1. The van der Waals surface area contributed by atoms with Gasteiger partial charge in [-0.1, -0.05) is 37.6 Å². The number of rotatable bonds is 7. The van der Waals surface area contributed by atoms with Gasteiger partial charge in [0.15, 0.2) is 0 Å². The Balaban J connectivity index is 1.82. The minimum absolute atomic E-state index is 0.0712. The SMILES string of the molecule is Cc1cc(Cl)ccc1-n1c(C(C)N(CC(C)C)C(=O)Nc2ccc([N+](=O)[O-])cc2)nc2ccccc2c1=O. The van der Waals surface area contributed by atoms with E-state index >= 15 is 0 Å². The Kier molecular flexibility index (Phi) is 7.78. The predicted octanol–water partition coefficient (Wildman–Crippen LogP) is 6.51. The Morgan fingerprint density at radius 3 is 2.42 bits per heavy atom. The molecule has 0 fully saturated rings. The molecule has 0 saturated carbocycles. The number of halogens is 1. The number of nitrogens with zero attached hydrogens (tertiary/aromatic N) is 4. The lowest BCUT2D eigenvalue weighted by Crippen LogP contribution is -2.41. The Hall–Kier alpha value is -4.24. The second-order valence-corrected chi connectivity index (χ2v) is 9.95. The van der Waals surface area contributed by atoms with E-state index in [1.165, 1.54) is 24.3 Å². The maximum Gasteiger partial charge on any atom is 0.322 e. The van der Waals surface area contributed by atoms with Crippen molar-refractivity contribution in [3.8, 4) is 5.69 Å². The number of amides is 2.